The van der Waals surface area contributed by atoms with Crippen LogP contribution in [0.5, 0.6) is 0 Å². The minimum Gasteiger partial charge on any atom is -0.478 e. The standard InChI is InChI=1S/C10H11ClO3/c1-10(11,9(12)13)14-7-8-5-3-2-4-6-8/h2-6H,7H2,1H3,(H,12,13). The van der Waals surface area contributed by atoms with Crippen molar-refractivity contribution in [1.82, 2.24) is 0 Å². The molecule has 14 heavy (non-hydrogen) atoms. The molecule has 4 heteroatoms. The summed E-state index contributed by atoms with van der Waals surface area (Å²) in [5.74, 6) is -1.19. The van der Waals surface area contributed by atoms with Crippen LogP contribution in [0, 0.1) is 0 Å². The van der Waals surface area contributed by atoms with Gasteiger partial charge < -0.3 is 9.84 Å². The Kier molecular flexibility index (Phi) is 3.49. The number of hydrogen-bond acceptors (Lipinski definition) is 2. The number of aliphatic carboxylic acids is 1. The second-order valence-corrected chi connectivity index (χ2v) is 3.72. The Morgan fingerprint density at radius 1 is 1.50 bits per heavy atom. The first-order chi connectivity index (χ1) is 6.52. The molecular formula is C10H11ClO3. The van der Waals surface area contributed by atoms with Crippen molar-refractivity contribution in [3.05, 3.63) is 35.9 Å². The third kappa shape index (κ3) is 3.01. The third-order valence-corrected chi connectivity index (χ3v) is 2.01. The number of halogens is 1. The van der Waals surface area contributed by atoms with Crippen molar-refractivity contribution in [1.29, 1.82) is 0 Å². The van der Waals surface area contributed by atoms with Crippen molar-refractivity contribution in [2.24, 2.45) is 0 Å². The smallest absolute Gasteiger partial charge is 0.351 e. The van der Waals surface area contributed by atoms with Gasteiger partial charge in [0.1, 0.15) is 0 Å². The normalized spacial score (nSPS) is 14.7. The number of benzene rings is 1. The molecule has 1 unspecified atom stereocenters. The summed E-state index contributed by atoms with van der Waals surface area (Å²) >= 11 is 5.60. The Labute approximate surface area is 87.3 Å². The van der Waals surface area contributed by atoms with Crippen LogP contribution >= 0.6 is 11.6 Å². The van der Waals surface area contributed by atoms with Gasteiger partial charge in [-0.3, -0.25) is 0 Å². The zero-order valence-corrected chi connectivity index (χ0v) is 8.49. The first-order valence-electron chi connectivity index (χ1n) is 4.12. The highest BCUT2D eigenvalue weighted by Crippen LogP contribution is 2.18. The Morgan fingerprint density at radius 2 is 2.07 bits per heavy atom. The van der Waals surface area contributed by atoms with Gasteiger partial charge >= 0.3 is 5.97 Å². The quantitative estimate of drug-likeness (QED) is 0.782. The fourth-order valence-corrected chi connectivity index (χ4v) is 0.909. The Hall–Kier alpha value is -1.06. The van der Waals surface area contributed by atoms with E-state index in [-0.39, 0.29) is 6.61 Å². The molecule has 0 radical (unpaired) electrons. The first kappa shape index (κ1) is 11.0. The van der Waals surface area contributed by atoms with Gasteiger partial charge in [-0.15, -0.1) is 0 Å². The SMILES string of the molecule is CC(Cl)(OCc1ccccc1)C(=O)O. The lowest BCUT2D eigenvalue weighted by Crippen LogP contribution is -2.31. The molecule has 1 N–H and O–H groups in total. The van der Waals surface area contributed by atoms with Crippen molar-refractivity contribution in [3.63, 3.8) is 0 Å². The second kappa shape index (κ2) is 4.44. The molecule has 1 rings (SSSR count). The first-order valence-corrected chi connectivity index (χ1v) is 4.50. The van der Waals surface area contributed by atoms with Crippen molar-refractivity contribution >= 4 is 17.6 Å². The Bertz CT molecular complexity index is 308. The van der Waals surface area contributed by atoms with Gasteiger partial charge in [-0.25, -0.2) is 4.79 Å². The predicted octanol–water partition coefficient (Wildman–Crippen LogP) is 2.24. The van der Waals surface area contributed by atoms with Gasteiger partial charge in [0.25, 0.3) is 0 Å². The van der Waals surface area contributed by atoms with Gasteiger partial charge in [-0.05, 0) is 12.5 Å². The Morgan fingerprint density at radius 3 is 2.57 bits per heavy atom. The van der Waals surface area contributed by atoms with Gasteiger partial charge in [-0.2, -0.15) is 0 Å². The highest BCUT2D eigenvalue weighted by atomic mass is 35.5. The molecule has 1 atom stereocenters. The monoisotopic (exact) mass is 214 g/mol. The van der Waals surface area contributed by atoms with Crippen LogP contribution in [0.3, 0.4) is 0 Å². The zero-order valence-electron chi connectivity index (χ0n) is 7.74. The van der Waals surface area contributed by atoms with E-state index in [1.54, 1.807) is 0 Å². The van der Waals surface area contributed by atoms with Crippen LogP contribution in [-0.2, 0) is 16.1 Å². The van der Waals surface area contributed by atoms with Gasteiger partial charge in [0.15, 0.2) is 0 Å². The number of hydrogen-bond donors (Lipinski definition) is 1. The van der Waals surface area contributed by atoms with Crippen LogP contribution in [-0.4, -0.2) is 16.1 Å². The van der Waals surface area contributed by atoms with E-state index in [0.717, 1.165) is 5.56 Å². The van der Waals surface area contributed by atoms with E-state index in [0.29, 0.717) is 0 Å². The summed E-state index contributed by atoms with van der Waals surface area (Å²) in [4.78, 5) is 10.6. The van der Waals surface area contributed by atoms with Gasteiger partial charge in [-0.1, -0.05) is 41.9 Å². The van der Waals surface area contributed by atoms with Gasteiger partial charge in [0.05, 0.1) is 6.61 Å². The number of alkyl halides is 1. The fraction of sp³-hybridized carbons (Fsp3) is 0.300. The highest BCUT2D eigenvalue weighted by Gasteiger charge is 2.31. The highest BCUT2D eigenvalue weighted by molar-refractivity contribution is 6.32. The largest absolute Gasteiger partial charge is 0.478 e. The molecule has 1 aromatic carbocycles. The summed E-state index contributed by atoms with van der Waals surface area (Å²) in [7, 11) is 0. The summed E-state index contributed by atoms with van der Waals surface area (Å²) < 4.78 is 5.04. The van der Waals surface area contributed by atoms with Crippen molar-refractivity contribution in [2.45, 2.75) is 18.6 Å². The van der Waals surface area contributed by atoms with Crippen molar-refractivity contribution in [2.75, 3.05) is 0 Å². The molecule has 3 nitrogen and oxygen atoms in total. The molecule has 0 bridgehead atoms. The van der Waals surface area contributed by atoms with E-state index in [2.05, 4.69) is 0 Å². The third-order valence-electron chi connectivity index (χ3n) is 1.73. The molecule has 0 aliphatic rings. The fourth-order valence-electron chi connectivity index (χ4n) is 0.855. The van der Waals surface area contributed by atoms with Crippen LogP contribution in [0.2, 0.25) is 0 Å². The molecule has 0 aliphatic heterocycles. The maximum absolute atomic E-state index is 10.6. The maximum atomic E-state index is 10.6. The molecule has 0 aromatic heterocycles. The second-order valence-electron chi connectivity index (χ2n) is 3.00. The van der Waals surface area contributed by atoms with Crippen LogP contribution in [0.25, 0.3) is 0 Å². The summed E-state index contributed by atoms with van der Waals surface area (Å²) in [6.45, 7) is 1.49. The molecular weight excluding hydrogens is 204 g/mol. The Balaban J connectivity index is 2.53. The molecule has 0 heterocycles. The molecule has 0 saturated heterocycles. The minimum atomic E-state index is -1.66. The van der Waals surface area contributed by atoms with Crippen molar-refractivity contribution in [3.8, 4) is 0 Å². The van der Waals surface area contributed by atoms with Crippen molar-refractivity contribution < 1.29 is 14.6 Å². The lowest BCUT2D eigenvalue weighted by Gasteiger charge is -2.17. The minimum absolute atomic E-state index is 0.188. The van der Waals surface area contributed by atoms with E-state index < -0.39 is 11.0 Å². The number of ether oxygens (including phenoxy) is 1. The molecule has 76 valence electrons. The van der Waals surface area contributed by atoms with Crippen LogP contribution in [0.1, 0.15) is 12.5 Å². The summed E-state index contributed by atoms with van der Waals surface area (Å²) in [6, 6.07) is 9.26. The van der Waals surface area contributed by atoms with E-state index in [9.17, 15) is 4.79 Å². The van der Waals surface area contributed by atoms with Crippen LogP contribution < -0.4 is 0 Å². The maximum Gasteiger partial charge on any atom is 0.351 e. The molecule has 0 fully saturated rings. The number of rotatable bonds is 4. The average Bonchev–Trinajstić information content (AvgIpc) is 2.16. The number of carbonyl (C=O) groups is 1. The summed E-state index contributed by atoms with van der Waals surface area (Å²) in [5.41, 5.74) is 0.889. The van der Waals surface area contributed by atoms with Gasteiger partial charge in [0.2, 0.25) is 5.06 Å². The average molecular weight is 215 g/mol. The zero-order chi connectivity index (χ0) is 10.6. The molecule has 0 aliphatic carbocycles. The number of carboxylic acids is 1. The van der Waals surface area contributed by atoms with Crippen LogP contribution in [0.15, 0.2) is 30.3 Å². The molecule has 1 aromatic rings. The number of carboxylic acid groups (broad SMARTS) is 1. The summed E-state index contributed by atoms with van der Waals surface area (Å²) in [5, 5.41) is 7.01. The molecule has 0 spiro atoms. The van der Waals surface area contributed by atoms with Gasteiger partial charge in [0, 0.05) is 0 Å². The van der Waals surface area contributed by atoms with E-state index >= 15 is 0 Å². The molecule has 0 saturated carbocycles. The lowest BCUT2D eigenvalue weighted by molar-refractivity contribution is -0.154. The van der Waals surface area contributed by atoms with Crippen LogP contribution in [0.4, 0.5) is 0 Å². The van der Waals surface area contributed by atoms with E-state index in [1.165, 1.54) is 6.92 Å². The topological polar surface area (TPSA) is 46.5 Å². The summed E-state index contributed by atoms with van der Waals surface area (Å²) in [6.07, 6.45) is 0. The molecule has 0 amide bonds. The van der Waals surface area contributed by atoms with E-state index in [1.807, 2.05) is 30.3 Å². The predicted molar refractivity (Wildman–Crippen MR) is 53.1 cm³/mol. The lowest BCUT2D eigenvalue weighted by atomic mass is 10.2. The van der Waals surface area contributed by atoms with E-state index in [4.69, 9.17) is 21.4 Å².